The standard InChI is InChI=1S/C15H23ClN4O5S2/c1-15(2,3)25-14(22)20-6-4-5-9(8-20)19-27(23,24)12-10(18-13(17)21)7-11(16)26-12/h7,9,19H,4-6,8H2,1-3H3,(H3,17,18,21)/t9-/m0/s1. The lowest BCUT2D eigenvalue weighted by atomic mass is 10.1. The third-order valence-electron chi connectivity index (χ3n) is 3.56. The molecule has 1 saturated heterocycles. The molecule has 0 saturated carbocycles. The van der Waals surface area contributed by atoms with Crippen LogP contribution in [0, 0.1) is 0 Å². The van der Waals surface area contributed by atoms with Crippen LogP contribution >= 0.6 is 22.9 Å². The summed E-state index contributed by atoms with van der Waals surface area (Å²) in [5.74, 6) is 0. The monoisotopic (exact) mass is 438 g/mol. The van der Waals surface area contributed by atoms with Gasteiger partial charge in [-0.25, -0.2) is 22.7 Å². The van der Waals surface area contributed by atoms with Crippen LogP contribution in [0.2, 0.25) is 4.34 Å². The normalized spacial score (nSPS) is 18.2. The average molecular weight is 439 g/mol. The fraction of sp³-hybridized carbons (Fsp3) is 0.600. The lowest BCUT2D eigenvalue weighted by Crippen LogP contribution is -2.50. The molecule has 0 radical (unpaired) electrons. The van der Waals surface area contributed by atoms with Crippen molar-refractivity contribution < 1.29 is 22.7 Å². The molecule has 0 spiro atoms. The predicted molar refractivity (Wildman–Crippen MR) is 104 cm³/mol. The average Bonchev–Trinajstić information content (AvgIpc) is 2.86. The first-order valence-electron chi connectivity index (χ1n) is 8.23. The summed E-state index contributed by atoms with van der Waals surface area (Å²) in [6.45, 7) is 5.98. The molecule has 0 bridgehead atoms. The topological polar surface area (TPSA) is 131 Å². The minimum Gasteiger partial charge on any atom is -0.444 e. The van der Waals surface area contributed by atoms with E-state index in [1.807, 2.05) is 0 Å². The maximum atomic E-state index is 12.7. The molecule has 152 valence electrons. The number of rotatable bonds is 4. The van der Waals surface area contributed by atoms with Crippen molar-refractivity contribution in [1.82, 2.24) is 9.62 Å². The van der Waals surface area contributed by atoms with Gasteiger partial charge < -0.3 is 20.7 Å². The van der Waals surface area contributed by atoms with Crippen LogP contribution in [0.5, 0.6) is 0 Å². The van der Waals surface area contributed by atoms with Gasteiger partial charge in [0.25, 0.3) is 10.0 Å². The van der Waals surface area contributed by atoms with Crippen molar-refractivity contribution in [1.29, 1.82) is 0 Å². The van der Waals surface area contributed by atoms with Crippen molar-refractivity contribution in [3.63, 3.8) is 0 Å². The molecule has 2 rings (SSSR count). The van der Waals surface area contributed by atoms with E-state index in [1.165, 1.54) is 11.0 Å². The second-order valence-corrected chi connectivity index (χ2v) is 10.7. The number of carbonyl (C=O) groups excluding carboxylic acids is 2. The molecule has 4 N–H and O–H groups in total. The molecular weight excluding hydrogens is 416 g/mol. The molecule has 1 aliphatic heterocycles. The van der Waals surface area contributed by atoms with Gasteiger partial charge in [0.2, 0.25) is 0 Å². The van der Waals surface area contributed by atoms with Gasteiger partial charge in [0, 0.05) is 19.1 Å². The molecule has 1 fully saturated rings. The molecule has 0 aromatic carbocycles. The SMILES string of the molecule is CC(C)(C)OC(=O)N1CCC[C@H](NS(=O)(=O)c2sc(Cl)cc2NC(N)=O)C1. The van der Waals surface area contributed by atoms with E-state index < -0.39 is 33.8 Å². The quantitative estimate of drug-likeness (QED) is 0.664. The summed E-state index contributed by atoms with van der Waals surface area (Å²) >= 11 is 6.70. The van der Waals surface area contributed by atoms with Gasteiger partial charge in [-0.15, -0.1) is 11.3 Å². The number of amides is 3. The van der Waals surface area contributed by atoms with Crippen LogP contribution < -0.4 is 15.8 Å². The number of hydrogen-bond donors (Lipinski definition) is 3. The second-order valence-electron chi connectivity index (χ2n) is 7.13. The van der Waals surface area contributed by atoms with E-state index in [-0.39, 0.29) is 20.8 Å². The molecule has 1 atom stereocenters. The fourth-order valence-electron chi connectivity index (χ4n) is 2.60. The third kappa shape index (κ3) is 6.23. The Hall–Kier alpha value is -1.56. The van der Waals surface area contributed by atoms with Crippen molar-refractivity contribution in [2.75, 3.05) is 18.4 Å². The van der Waals surface area contributed by atoms with Gasteiger partial charge in [0.05, 0.1) is 10.0 Å². The molecule has 0 aliphatic carbocycles. The molecule has 2 heterocycles. The zero-order chi connectivity index (χ0) is 20.4. The molecule has 1 aromatic heterocycles. The van der Waals surface area contributed by atoms with Crippen molar-refractivity contribution in [3.05, 3.63) is 10.4 Å². The molecule has 27 heavy (non-hydrogen) atoms. The molecule has 12 heteroatoms. The van der Waals surface area contributed by atoms with Crippen molar-refractivity contribution >= 4 is 50.8 Å². The number of sulfonamides is 1. The number of nitrogens with two attached hydrogens (primary N) is 1. The van der Waals surface area contributed by atoms with Crippen LogP contribution in [0.1, 0.15) is 33.6 Å². The van der Waals surface area contributed by atoms with E-state index >= 15 is 0 Å². The van der Waals surface area contributed by atoms with Crippen molar-refractivity contribution in [2.45, 2.75) is 49.5 Å². The Labute approximate surface area is 167 Å². The van der Waals surface area contributed by atoms with Crippen LogP contribution in [0.25, 0.3) is 0 Å². The summed E-state index contributed by atoms with van der Waals surface area (Å²) in [6.07, 6.45) is 0.710. The fourth-order valence-corrected chi connectivity index (χ4v) is 5.65. The highest BCUT2D eigenvalue weighted by atomic mass is 35.5. The summed E-state index contributed by atoms with van der Waals surface area (Å²) in [5, 5.41) is 2.25. The van der Waals surface area contributed by atoms with E-state index in [0.717, 1.165) is 11.3 Å². The first-order chi connectivity index (χ1) is 12.4. The number of nitrogens with one attached hydrogen (secondary N) is 2. The van der Waals surface area contributed by atoms with Crippen LogP contribution in [-0.4, -0.2) is 50.2 Å². The van der Waals surface area contributed by atoms with Crippen molar-refractivity contribution in [2.24, 2.45) is 5.73 Å². The van der Waals surface area contributed by atoms with Gasteiger partial charge in [-0.1, -0.05) is 11.6 Å². The first kappa shape index (κ1) is 21.7. The lowest BCUT2D eigenvalue weighted by molar-refractivity contribution is 0.0195. The summed E-state index contributed by atoms with van der Waals surface area (Å²) in [6, 6.07) is -0.0624. The number of thiophene rings is 1. The molecule has 1 aliphatic rings. The van der Waals surface area contributed by atoms with E-state index in [9.17, 15) is 18.0 Å². The Morgan fingerprint density at radius 2 is 2.07 bits per heavy atom. The van der Waals surface area contributed by atoms with Gasteiger partial charge >= 0.3 is 12.1 Å². The predicted octanol–water partition coefficient (Wildman–Crippen LogP) is 2.57. The third-order valence-corrected chi connectivity index (χ3v) is 6.88. The number of halogens is 1. The number of piperidine rings is 1. The van der Waals surface area contributed by atoms with Crippen LogP contribution in [0.15, 0.2) is 10.3 Å². The number of nitrogens with zero attached hydrogens (tertiary/aromatic N) is 1. The summed E-state index contributed by atoms with van der Waals surface area (Å²) in [7, 11) is -3.96. The van der Waals surface area contributed by atoms with Gasteiger partial charge in [0.1, 0.15) is 5.60 Å². The number of primary amides is 1. The Bertz CT molecular complexity index is 819. The van der Waals surface area contributed by atoms with Gasteiger partial charge in [-0.2, -0.15) is 0 Å². The van der Waals surface area contributed by atoms with E-state index in [0.29, 0.717) is 19.4 Å². The Morgan fingerprint density at radius 1 is 1.41 bits per heavy atom. The maximum absolute atomic E-state index is 12.7. The first-order valence-corrected chi connectivity index (χ1v) is 10.9. The number of anilines is 1. The highest BCUT2D eigenvalue weighted by Gasteiger charge is 2.32. The molecule has 0 unspecified atom stereocenters. The zero-order valence-electron chi connectivity index (χ0n) is 15.2. The Kier molecular flexibility index (Phi) is 6.61. The number of hydrogen-bond acceptors (Lipinski definition) is 6. The van der Waals surface area contributed by atoms with E-state index in [2.05, 4.69) is 10.0 Å². The van der Waals surface area contributed by atoms with Gasteiger partial charge in [0.15, 0.2) is 4.21 Å². The van der Waals surface area contributed by atoms with Crippen LogP contribution in [-0.2, 0) is 14.8 Å². The van der Waals surface area contributed by atoms with Crippen LogP contribution in [0.3, 0.4) is 0 Å². The maximum Gasteiger partial charge on any atom is 0.410 e. The highest BCUT2D eigenvalue weighted by molar-refractivity contribution is 7.91. The summed E-state index contributed by atoms with van der Waals surface area (Å²) in [5.41, 5.74) is 4.46. The van der Waals surface area contributed by atoms with E-state index in [1.54, 1.807) is 20.8 Å². The Morgan fingerprint density at radius 3 is 2.67 bits per heavy atom. The Balaban J connectivity index is 2.11. The lowest BCUT2D eigenvalue weighted by Gasteiger charge is -2.34. The van der Waals surface area contributed by atoms with Crippen LogP contribution in [0.4, 0.5) is 15.3 Å². The number of carbonyl (C=O) groups is 2. The second kappa shape index (κ2) is 8.21. The molecule has 9 nitrogen and oxygen atoms in total. The number of likely N-dealkylation sites (tertiary alicyclic amines) is 1. The van der Waals surface area contributed by atoms with E-state index in [4.69, 9.17) is 22.1 Å². The largest absolute Gasteiger partial charge is 0.444 e. The highest BCUT2D eigenvalue weighted by Crippen LogP contribution is 2.35. The zero-order valence-corrected chi connectivity index (χ0v) is 17.6. The number of ether oxygens (including phenoxy) is 1. The smallest absolute Gasteiger partial charge is 0.410 e. The molecule has 3 amide bonds. The molecule has 1 aromatic rings. The minimum atomic E-state index is -3.96. The van der Waals surface area contributed by atoms with Crippen molar-refractivity contribution in [3.8, 4) is 0 Å². The summed E-state index contributed by atoms with van der Waals surface area (Å²) < 4.78 is 33.4. The minimum absolute atomic E-state index is 0.0183. The molecular formula is C15H23ClN4O5S2. The van der Waals surface area contributed by atoms with Gasteiger partial charge in [-0.05, 0) is 39.7 Å². The summed E-state index contributed by atoms with van der Waals surface area (Å²) in [4.78, 5) is 24.8. The number of urea groups is 1. The van der Waals surface area contributed by atoms with Gasteiger partial charge in [-0.3, -0.25) is 0 Å².